The highest BCUT2D eigenvalue weighted by Crippen LogP contribution is 2.25. The van der Waals surface area contributed by atoms with Gasteiger partial charge in [0, 0.05) is 19.3 Å². The topological polar surface area (TPSA) is 62.7 Å². The van der Waals surface area contributed by atoms with E-state index in [0.29, 0.717) is 31.6 Å². The monoisotopic (exact) mass is 340 g/mol. The number of benzene rings is 1. The van der Waals surface area contributed by atoms with E-state index in [4.69, 9.17) is 4.74 Å². The van der Waals surface area contributed by atoms with Crippen LogP contribution in [0.15, 0.2) is 48.7 Å². The highest BCUT2D eigenvalue weighted by Gasteiger charge is 2.33. The first-order valence-corrected chi connectivity index (χ1v) is 8.69. The molecular formula is C20H24N2O3. The quantitative estimate of drug-likeness (QED) is 0.930. The molecule has 2 aromatic rings. The van der Waals surface area contributed by atoms with Gasteiger partial charge in [-0.25, -0.2) is 0 Å². The molecule has 132 valence electrons. The van der Waals surface area contributed by atoms with Gasteiger partial charge in [0.1, 0.15) is 23.7 Å². The van der Waals surface area contributed by atoms with Gasteiger partial charge < -0.3 is 14.7 Å². The van der Waals surface area contributed by atoms with Crippen molar-refractivity contribution in [3.63, 3.8) is 0 Å². The number of ether oxygens (including phenoxy) is 1. The number of carbonyl (C=O) groups excluding carboxylic acids is 1. The Morgan fingerprint density at radius 1 is 1.20 bits per heavy atom. The van der Waals surface area contributed by atoms with Crippen molar-refractivity contribution < 1.29 is 14.6 Å². The van der Waals surface area contributed by atoms with Gasteiger partial charge in [0.2, 0.25) is 0 Å². The zero-order valence-corrected chi connectivity index (χ0v) is 14.5. The molecule has 3 rings (SSSR count). The third-order valence-electron chi connectivity index (χ3n) is 4.67. The van der Waals surface area contributed by atoms with E-state index in [1.165, 1.54) is 0 Å². The SMILES string of the molecule is Cc1cccnc1C(=O)N1CCCC(O)(COc2ccccc2)CC1. The van der Waals surface area contributed by atoms with Crippen molar-refractivity contribution in [3.05, 3.63) is 59.9 Å². The predicted octanol–water partition coefficient (Wildman–Crippen LogP) is 2.83. The molecule has 2 heterocycles. The van der Waals surface area contributed by atoms with E-state index < -0.39 is 5.60 Å². The highest BCUT2D eigenvalue weighted by atomic mass is 16.5. The number of carbonyl (C=O) groups is 1. The van der Waals surface area contributed by atoms with Crippen molar-refractivity contribution in [2.45, 2.75) is 31.8 Å². The standard InChI is InChI=1S/C20H24N2O3/c1-16-7-5-12-21-18(16)19(23)22-13-6-10-20(24,11-14-22)15-25-17-8-3-2-4-9-17/h2-5,7-9,12,24H,6,10-11,13-15H2,1H3. The van der Waals surface area contributed by atoms with Crippen LogP contribution < -0.4 is 4.74 Å². The lowest BCUT2D eigenvalue weighted by molar-refractivity contribution is -0.0163. The zero-order chi connectivity index (χ0) is 17.7. The number of amides is 1. The summed E-state index contributed by atoms with van der Waals surface area (Å²) in [7, 11) is 0. The molecule has 0 bridgehead atoms. The van der Waals surface area contributed by atoms with Gasteiger partial charge in [0.15, 0.2) is 0 Å². The number of aromatic nitrogens is 1. The molecule has 5 heteroatoms. The third kappa shape index (κ3) is 4.37. The second kappa shape index (κ2) is 7.66. The van der Waals surface area contributed by atoms with Crippen LogP contribution >= 0.6 is 0 Å². The van der Waals surface area contributed by atoms with Crippen LogP contribution in [-0.2, 0) is 0 Å². The fourth-order valence-electron chi connectivity index (χ4n) is 3.12. The number of hydrogen-bond acceptors (Lipinski definition) is 4. The normalized spacial score (nSPS) is 20.8. The summed E-state index contributed by atoms with van der Waals surface area (Å²) in [5, 5.41) is 10.9. The number of hydrogen-bond donors (Lipinski definition) is 1. The smallest absolute Gasteiger partial charge is 0.272 e. The molecule has 1 atom stereocenters. The zero-order valence-electron chi connectivity index (χ0n) is 14.5. The van der Waals surface area contributed by atoms with Gasteiger partial charge in [-0.3, -0.25) is 9.78 Å². The second-order valence-electron chi connectivity index (χ2n) is 6.64. The molecule has 1 fully saturated rings. The van der Waals surface area contributed by atoms with Crippen LogP contribution in [0.2, 0.25) is 0 Å². The van der Waals surface area contributed by atoms with Crippen LogP contribution in [0, 0.1) is 6.92 Å². The number of para-hydroxylation sites is 1. The third-order valence-corrected chi connectivity index (χ3v) is 4.67. The fourth-order valence-corrected chi connectivity index (χ4v) is 3.12. The molecule has 1 aliphatic heterocycles. The average Bonchev–Trinajstić information content (AvgIpc) is 2.83. The van der Waals surface area contributed by atoms with Gasteiger partial charge in [0.25, 0.3) is 5.91 Å². The Bertz CT molecular complexity index is 720. The van der Waals surface area contributed by atoms with E-state index in [1.807, 2.05) is 49.4 Å². The van der Waals surface area contributed by atoms with Crippen molar-refractivity contribution in [1.29, 1.82) is 0 Å². The molecule has 1 unspecified atom stereocenters. The van der Waals surface area contributed by atoms with E-state index in [-0.39, 0.29) is 12.5 Å². The van der Waals surface area contributed by atoms with E-state index in [2.05, 4.69) is 4.98 Å². The summed E-state index contributed by atoms with van der Waals surface area (Å²) >= 11 is 0. The van der Waals surface area contributed by atoms with Crippen LogP contribution in [0.3, 0.4) is 0 Å². The molecule has 1 saturated heterocycles. The van der Waals surface area contributed by atoms with E-state index in [0.717, 1.165) is 17.7 Å². The summed E-state index contributed by atoms with van der Waals surface area (Å²) in [6, 6.07) is 13.2. The molecule has 0 aliphatic carbocycles. The summed E-state index contributed by atoms with van der Waals surface area (Å²) in [6.07, 6.45) is 3.50. The maximum absolute atomic E-state index is 12.7. The first kappa shape index (κ1) is 17.4. The van der Waals surface area contributed by atoms with Crippen molar-refractivity contribution in [1.82, 2.24) is 9.88 Å². The molecule has 5 nitrogen and oxygen atoms in total. The predicted molar refractivity (Wildman–Crippen MR) is 95.6 cm³/mol. The van der Waals surface area contributed by atoms with E-state index in [9.17, 15) is 9.90 Å². The number of likely N-dealkylation sites (tertiary alicyclic amines) is 1. The number of nitrogens with zero attached hydrogens (tertiary/aromatic N) is 2. The minimum atomic E-state index is -0.913. The van der Waals surface area contributed by atoms with E-state index >= 15 is 0 Å². The lowest BCUT2D eigenvalue weighted by atomic mass is 9.96. The van der Waals surface area contributed by atoms with Crippen molar-refractivity contribution in [2.24, 2.45) is 0 Å². The fraction of sp³-hybridized carbons (Fsp3) is 0.400. The molecule has 1 N–H and O–H groups in total. The Kier molecular flexibility index (Phi) is 5.34. The number of pyridine rings is 1. The van der Waals surface area contributed by atoms with Gasteiger partial charge in [-0.15, -0.1) is 0 Å². The Morgan fingerprint density at radius 3 is 2.76 bits per heavy atom. The van der Waals surface area contributed by atoms with Crippen LogP contribution in [-0.4, -0.2) is 46.2 Å². The Morgan fingerprint density at radius 2 is 2.00 bits per heavy atom. The lowest BCUT2D eigenvalue weighted by Crippen LogP contribution is -2.38. The molecule has 0 saturated carbocycles. The molecule has 0 radical (unpaired) electrons. The molecule has 25 heavy (non-hydrogen) atoms. The first-order chi connectivity index (χ1) is 12.1. The molecule has 1 aromatic heterocycles. The number of aryl methyl sites for hydroxylation is 1. The van der Waals surface area contributed by atoms with Gasteiger partial charge in [-0.2, -0.15) is 0 Å². The number of aliphatic hydroxyl groups is 1. The average molecular weight is 340 g/mol. The van der Waals surface area contributed by atoms with Crippen LogP contribution in [0.5, 0.6) is 5.75 Å². The molecule has 1 aromatic carbocycles. The Balaban J connectivity index is 1.61. The molecule has 1 aliphatic rings. The second-order valence-corrected chi connectivity index (χ2v) is 6.64. The van der Waals surface area contributed by atoms with Crippen molar-refractivity contribution >= 4 is 5.91 Å². The lowest BCUT2D eigenvalue weighted by Gasteiger charge is -2.27. The van der Waals surface area contributed by atoms with Crippen molar-refractivity contribution in [2.75, 3.05) is 19.7 Å². The van der Waals surface area contributed by atoms with E-state index in [1.54, 1.807) is 11.1 Å². The van der Waals surface area contributed by atoms with Gasteiger partial charge in [-0.1, -0.05) is 24.3 Å². The Labute approximate surface area is 148 Å². The van der Waals surface area contributed by atoms with Gasteiger partial charge >= 0.3 is 0 Å². The first-order valence-electron chi connectivity index (χ1n) is 8.69. The van der Waals surface area contributed by atoms with Crippen LogP contribution in [0.25, 0.3) is 0 Å². The van der Waals surface area contributed by atoms with Gasteiger partial charge in [-0.05, 0) is 49.9 Å². The maximum Gasteiger partial charge on any atom is 0.272 e. The summed E-state index contributed by atoms with van der Waals surface area (Å²) in [6.45, 7) is 3.26. The maximum atomic E-state index is 12.7. The number of rotatable bonds is 4. The molecular weight excluding hydrogens is 316 g/mol. The summed E-state index contributed by atoms with van der Waals surface area (Å²) in [4.78, 5) is 18.7. The van der Waals surface area contributed by atoms with Crippen LogP contribution in [0.4, 0.5) is 0 Å². The summed E-state index contributed by atoms with van der Waals surface area (Å²) in [5.74, 6) is 0.684. The highest BCUT2D eigenvalue weighted by molar-refractivity contribution is 5.93. The van der Waals surface area contributed by atoms with Gasteiger partial charge in [0.05, 0.1) is 0 Å². The minimum absolute atomic E-state index is 0.0636. The molecule has 1 amide bonds. The Hall–Kier alpha value is -2.40. The van der Waals surface area contributed by atoms with Crippen LogP contribution in [0.1, 0.15) is 35.3 Å². The van der Waals surface area contributed by atoms with Crippen molar-refractivity contribution in [3.8, 4) is 5.75 Å². The summed E-state index contributed by atoms with van der Waals surface area (Å²) < 4.78 is 5.74. The molecule has 0 spiro atoms. The summed E-state index contributed by atoms with van der Waals surface area (Å²) in [5.41, 5.74) is 0.456. The largest absolute Gasteiger partial charge is 0.491 e. The minimum Gasteiger partial charge on any atom is -0.491 e.